The Bertz CT molecular complexity index is 830. The maximum absolute atomic E-state index is 5.59. The van der Waals surface area contributed by atoms with E-state index in [0.717, 1.165) is 43.6 Å². The average Bonchev–Trinajstić information content (AvgIpc) is 2.71. The van der Waals surface area contributed by atoms with Crippen molar-refractivity contribution in [2.45, 2.75) is 58.0 Å². The molecule has 0 radical (unpaired) electrons. The van der Waals surface area contributed by atoms with Crippen molar-refractivity contribution in [3.05, 3.63) is 41.6 Å². The number of para-hydroxylation sites is 1. The topological polar surface area (TPSA) is 65.1 Å². The molecule has 0 saturated heterocycles. The van der Waals surface area contributed by atoms with E-state index in [2.05, 4.69) is 58.0 Å². The van der Waals surface area contributed by atoms with Crippen LogP contribution in [-0.4, -0.2) is 41.3 Å². The Morgan fingerprint density at radius 2 is 1.86 bits per heavy atom. The molecule has 1 aromatic heterocycles. The smallest absolute Gasteiger partial charge is 0.224 e. The van der Waals surface area contributed by atoms with E-state index in [9.17, 15) is 0 Å². The van der Waals surface area contributed by atoms with Gasteiger partial charge in [0, 0.05) is 38.1 Å². The highest BCUT2D eigenvalue weighted by atomic mass is 32.1. The van der Waals surface area contributed by atoms with Gasteiger partial charge in [0.15, 0.2) is 5.11 Å². The van der Waals surface area contributed by atoms with Gasteiger partial charge in [-0.25, -0.2) is 4.98 Å². The summed E-state index contributed by atoms with van der Waals surface area (Å²) in [6.07, 6.45) is 7.07. The SMILES string of the molecule is CCc1cccc(C)c1NC(=S)NC1CCC(Nc2nccc(N(C)C)n2)CC1. The zero-order valence-electron chi connectivity index (χ0n) is 17.8. The van der Waals surface area contributed by atoms with Gasteiger partial charge in [-0.15, -0.1) is 0 Å². The monoisotopic (exact) mass is 412 g/mol. The zero-order chi connectivity index (χ0) is 20.8. The molecule has 0 atom stereocenters. The molecule has 2 aromatic rings. The molecular weight excluding hydrogens is 380 g/mol. The number of rotatable bonds is 6. The Balaban J connectivity index is 1.49. The van der Waals surface area contributed by atoms with E-state index >= 15 is 0 Å². The number of anilines is 3. The molecule has 1 aromatic carbocycles. The van der Waals surface area contributed by atoms with E-state index in [1.165, 1.54) is 11.1 Å². The fourth-order valence-corrected chi connectivity index (χ4v) is 4.04. The second-order valence-corrected chi connectivity index (χ2v) is 8.30. The lowest BCUT2D eigenvalue weighted by Gasteiger charge is -2.30. The van der Waals surface area contributed by atoms with Crippen molar-refractivity contribution >= 4 is 34.8 Å². The molecule has 1 aliphatic rings. The Hall–Kier alpha value is -2.41. The van der Waals surface area contributed by atoms with Crippen LogP contribution in [-0.2, 0) is 6.42 Å². The molecule has 156 valence electrons. The number of hydrogen-bond donors (Lipinski definition) is 3. The Morgan fingerprint density at radius 3 is 2.55 bits per heavy atom. The van der Waals surface area contributed by atoms with Crippen LogP contribution in [0.4, 0.5) is 17.5 Å². The minimum atomic E-state index is 0.398. The Morgan fingerprint density at radius 1 is 1.14 bits per heavy atom. The van der Waals surface area contributed by atoms with Gasteiger partial charge in [0.2, 0.25) is 5.95 Å². The molecule has 0 spiro atoms. The summed E-state index contributed by atoms with van der Waals surface area (Å²) >= 11 is 5.59. The Kier molecular flexibility index (Phi) is 7.25. The largest absolute Gasteiger partial charge is 0.363 e. The average molecular weight is 413 g/mol. The van der Waals surface area contributed by atoms with Crippen LogP contribution >= 0.6 is 12.2 Å². The molecule has 1 saturated carbocycles. The molecule has 3 N–H and O–H groups in total. The van der Waals surface area contributed by atoms with Gasteiger partial charge >= 0.3 is 0 Å². The second-order valence-electron chi connectivity index (χ2n) is 7.89. The highest BCUT2D eigenvalue weighted by Gasteiger charge is 2.22. The molecule has 1 aliphatic carbocycles. The summed E-state index contributed by atoms with van der Waals surface area (Å²) in [6, 6.07) is 9.09. The van der Waals surface area contributed by atoms with E-state index in [0.29, 0.717) is 23.1 Å². The number of nitrogens with zero attached hydrogens (tertiary/aromatic N) is 3. The first kappa shape index (κ1) is 21.3. The minimum absolute atomic E-state index is 0.398. The molecule has 6 nitrogen and oxygen atoms in total. The maximum atomic E-state index is 5.59. The van der Waals surface area contributed by atoms with Crippen molar-refractivity contribution in [1.82, 2.24) is 15.3 Å². The van der Waals surface area contributed by atoms with Gasteiger partial charge in [-0.05, 0) is 68.4 Å². The van der Waals surface area contributed by atoms with Gasteiger partial charge in [-0.2, -0.15) is 4.98 Å². The number of aryl methyl sites for hydroxylation is 2. The predicted octanol–water partition coefficient (Wildman–Crippen LogP) is 4.12. The van der Waals surface area contributed by atoms with Crippen LogP contribution in [0.2, 0.25) is 0 Å². The second kappa shape index (κ2) is 9.87. The molecule has 0 aliphatic heterocycles. The Labute approximate surface area is 179 Å². The number of nitrogens with one attached hydrogen (secondary N) is 3. The first-order chi connectivity index (χ1) is 14.0. The van der Waals surface area contributed by atoms with Crippen molar-refractivity contribution in [2.24, 2.45) is 0 Å². The van der Waals surface area contributed by atoms with Gasteiger partial charge < -0.3 is 20.9 Å². The molecule has 29 heavy (non-hydrogen) atoms. The summed E-state index contributed by atoms with van der Waals surface area (Å²) in [5.74, 6) is 1.62. The third-order valence-electron chi connectivity index (χ3n) is 5.47. The van der Waals surface area contributed by atoms with Gasteiger partial charge in [-0.1, -0.05) is 25.1 Å². The number of aromatic nitrogens is 2. The van der Waals surface area contributed by atoms with E-state index in [1.807, 2.05) is 25.1 Å². The van der Waals surface area contributed by atoms with Crippen molar-refractivity contribution < 1.29 is 0 Å². The highest BCUT2D eigenvalue weighted by molar-refractivity contribution is 7.80. The van der Waals surface area contributed by atoms with Crippen LogP contribution in [0, 0.1) is 6.92 Å². The zero-order valence-corrected chi connectivity index (χ0v) is 18.6. The van der Waals surface area contributed by atoms with E-state index in [-0.39, 0.29) is 0 Å². The van der Waals surface area contributed by atoms with Crippen LogP contribution < -0.4 is 20.9 Å². The lowest BCUT2D eigenvalue weighted by atomic mass is 9.91. The van der Waals surface area contributed by atoms with Gasteiger partial charge in [0.25, 0.3) is 0 Å². The molecule has 7 heteroatoms. The van der Waals surface area contributed by atoms with E-state index in [1.54, 1.807) is 6.20 Å². The molecule has 0 unspecified atom stereocenters. The van der Waals surface area contributed by atoms with Crippen molar-refractivity contribution in [3.8, 4) is 0 Å². The molecule has 1 heterocycles. The number of benzene rings is 1. The molecule has 3 rings (SSSR count). The third-order valence-corrected chi connectivity index (χ3v) is 5.69. The molecule has 1 fully saturated rings. The summed E-state index contributed by atoms with van der Waals surface area (Å²) < 4.78 is 0. The normalized spacial score (nSPS) is 18.8. The summed E-state index contributed by atoms with van der Waals surface area (Å²) in [7, 11) is 3.97. The molecule has 0 amide bonds. The minimum Gasteiger partial charge on any atom is -0.363 e. The van der Waals surface area contributed by atoms with Crippen LogP contribution in [0.25, 0.3) is 0 Å². The standard InChI is InChI=1S/C22H32N6S/c1-5-16-8-6-7-15(2)20(16)27-22(29)25-18-11-9-17(10-12-18)24-21-23-14-13-19(26-21)28(3)4/h6-8,13-14,17-18H,5,9-12H2,1-4H3,(H,23,24,26)(H2,25,27,29). The van der Waals surface area contributed by atoms with Gasteiger partial charge in [0.1, 0.15) is 5.82 Å². The van der Waals surface area contributed by atoms with Crippen LogP contribution in [0.3, 0.4) is 0 Å². The maximum Gasteiger partial charge on any atom is 0.224 e. The van der Waals surface area contributed by atoms with Crippen molar-refractivity contribution in [2.75, 3.05) is 29.6 Å². The number of hydrogen-bond acceptors (Lipinski definition) is 5. The molecular formula is C22H32N6S. The summed E-state index contributed by atoms with van der Waals surface area (Å²) in [6.45, 7) is 4.29. The van der Waals surface area contributed by atoms with Crippen LogP contribution in [0.15, 0.2) is 30.5 Å². The summed E-state index contributed by atoms with van der Waals surface area (Å²) in [4.78, 5) is 10.9. The third kappa shape index (κ3) is 5.79. The van der Waals surface area contributed by atoms with Gasteiger partial charge in [-0.3, -0.25) is 0 Å². The van der Waals surface area contributed by atoms with E-state index < -0.39 is 0 Å². The quantitative estimate of drug-likeness (QED) is 0.617. The lowest BCUT2D eigenvalue weighted by Crippen LogP contribution is -2.42. The fraction of sp³-hybridized carbons (Fsp3) is 0.500. The molecule has 0 bridgehead atoms. The highest BCUT2D eigenvalue weighted by Crippen LogP contribution is 2.23. The van der Waals surface area contributed by atoms with Gasteiger partial charge in [0.05, 0.1) is 0 Å². The lowest BCUT2D eigenvalue weighted by molar-refractivity contribution is 0.387. The van der Waals surface area contributed by atoms with Crippen LogP contribution in [0.1, 0.15) is 43.7 Å². The van der Waals surface area contributed by atoms with Crippen molar-refractivity contribution in [1.29, 1.82) is 0 Å². The number of thiocarbonyl (C=S) groups is 1. The summed E-state index contributed by atoms with van der Waals surface area (Å²) in [5, 5.41) is 11.1. The van der Waals surface area contributed by atoms with E-state index in [4.69, 9.17) is 12.2 Å². The first-order valence-corrected chi connectivity index (χ1v) is 10.8. The van der Waals surface area contributed by atoms with Crippen LogP contribution in [0.5, 0.6) is 0 Å². The van der Waals surface area contributed by atoms with Crippen molar-refractivity contribution in [3.63, 3.8) is 0 Å². The predicted molar refractivity (Wildman–Crippen MR) is 126 cm³/mol. The fourth-order valence-electron chi connectivity index (χ4n) is 3.77. The summed E-state index contributed by atoms with van der Waals surface area (Å²) in [5.41, 5.74) is 3.66. The first-order valence-electron chi connectivity index (χ1n) is 10.4.